The lowest BCUT2D eigenvalue weighted by Gasteiger charge is -2.54. The number of nitrogens with one attached hydrogen (secondary N) is 1. The van der Waals surface area contributed by atoms with Gasteiger partial charge in [0.25, 0.3) is 0 Å². The summed E-state index contributed by atoms with van der Waals surface area (Å²) in [5.74, 6) is 0.896. The summed E-state index contributed by atoms with van der Waals surface area (Å²) in [5.41, 5.74) is 0.961. The third-order valence-corrected chi connectivity index (χ3v) is 6.85. The molecule has 0 aliphatic heterocycles. The molecule has 3 aliphatic carbocycles. The quantitative estimate of drug-likeness (QED) is 0.791. The van der Waals surface area contributed by atoms with Crippen molar-refractivity contribution in [3.05, 3.63) is 0 Å². The van der Waals surface area contributed by atoms with Gasteiger partial charge in [0.2, 0.25) is 0 Å². The Hall–Kier alpha value is -0.0800. The van der Waals surface area contributed by atoms with Crippen LogP contribution in [0.25, 0.3) is 0 Å². The average molecular weight is 251 g/mol. The molecule has 2 N–H and O–H groups in total. The summed E-state index contributed by atoms with van der Waals surface area (Å²) in [7, 11) is 0. The van der Waals surface area contributed by atoms with Crippen molar-refractivity contribution >= 4 is 0 Å². The average Bonchev–Trinajstić information content (AvgIpc) is 2.73. The zero-order valence-electron chi connectivity index (χ0n) is 12.6. The van der Waals surface area contributed by atoms with Crippen molar-refractivity contribution in [1.82, 2.24) is 5.32 Å². The van der Waals surface area contributed by atoms with Crippen LogP contribution in [0.1, 0.15) is 60.3 Å². The second-order valence-electron chi connectivity index (χ2n) is 8.64. The van der Waals surface area contributed by atoms with Crippen LogP contribution in [0.15, 0.2) is 0 Å². The summed E-state index contributed by atoms with van der Waals surface area (Å²) in [4.78, 5) is 0. The van der Waals surface area contributed by atoms with Gasteiger partial charge in [-0.1, -0.05) is 34.6 Å². The van der Waals surface area contributed by atoms with Gasteiger partial charge in [0, 0.05) is 17.5 Å². The van der Waals surface area contributed by atoms with Crippen LogP contribution in [0, 0.1) is 22.2 Å². The van der Waals surface area contributed by atoms with Gasteiger partial charge >= 0.3 is 0 Å². The second-order valence-corrected chi connectivity index (χ2v) is 8.64. The van der Waals surface area contributed by atoms with Gasteiger partial charge < -0.3 is 10.4 Å². The number of aliphatic hydroxyl groups excluding tert-OH is 1. The van der Waals surface area contributed by atoms with Crippen LogP contribution in [-0.2, 0) is 0 Å². The molecule has 104 valence electrons. The van der Waals surface area contributed by atoms with Gasteiger partial charge in [-0.15, -0.1) is 0 Å². The summed E-state index contributed by atoms with van der Waals surface area (Å²) >= 11 is 0. The Balaban J connectivity index is 1.77. The number of rotatable bonds is 2. The van der Waals surface area contributed by atoms with E-state index in [2.05, 4.69) is 39.9 Å². The topological polar surface area (TPSA) is 32.3 Å². The second kappa shape index (κ2) is 3.52. The summed E-state index contributed by atoms with van der Waals surface area (Å²) in [5, 5.41) is 13.8. The molecule has 2 bridgehead atoms. The first-order valence-corrected chi connectivity index (χ1v) is 7.62. The molecular weight excluding hydrogens is 222 g/mol. The number of fused-ring (bicyclic) bond motifs is 2. The largest absolute Gasteiger partial charge is 0.392 e. The number of hydrogen-bond acceptors (Lipinski definition) is 2. The molecule has 0 aromatic carbocycles. The van der Waals surface area contributed by atoms with Crippen molar-refractivity contribution in [3.8, 4) is 0 Å². The van der Waals surface area contributed by atoms with Gasteiger partial charge in [-0.3, -0.25) is 0 Å². The van der Waals surface area contributed by atoms with Gasteiger partial charge in [-0.25, -0.2) is 0 Å². The zero-order chi connectivity index (χ0) is 13.3. The Morgan fingerprint density at radius 3 is 2.17 bits per heavy atom. The molecule has 0 heterocycles. The van der Waals surface area contributed by atoms with Gasteiger partial charge in [0.15, 0.2) is 0 Å². The van der Waals surface area contributed by atoms with E-state index in [1.165, 1.54) is 19.3 Å². The highest BCUT2D eigenvalue weighted by atomic mass is 16.3. The minimum absolute atomic E-state index is 0.0499. The first kappa shape index (κ1) is 12.9. The van der Waals surface area contributed by atoms with Gasteiger partial charge in [0.05, 0.1) is 6.10 Å². The molecule has 3 rings (SSSR count). The van der Waals surface area contributed by atoms with E-state index in [1.807, 2.05) is 0 Å². The van der Waals surface area contributed by atoms with Crippen molar-refractivity contribution in [2.45, 2.75) is 78.5 Å². The lowest BCUT2D eigenvalue weighted by molar-refractivity contribution is -0.0871. The van der Waals surface area contributed by atoms with Crippen LogP contribution < -0.4 is 5.32 Å². The van der Waals surface area contributed by atoms with Crippen molar-refractivity contribution in [2.24, 2.45) is 22.2 Å². The Kier molecular flexibility index (Phi) is 2.53. The highest BCUT2D eigenvalue weighted by molar-refractivity contribution is 5.15. The molecule has 5 atom stereocenters. The van der Waals surface area contributed by atoms with E-state index in [0.717, 1.165) is 12.3 Å². The molecule has 0 aromatic rings. The van der Waals surface area contributed by atoms with Crippen molar-refractivity contribution in [3.63, 3.8) is 0 Å². The Morgan fingerprint density at radius 2 is 1.72 bits per heavy atom. The molecule has 3 aliphatic rings. The van der Waals surface area contributed by atoms with E-state index in [0.29, 0.717) is 22.9 Å². The highest BCUT2D eigenvalue weighted by Crippen LogP contribution is 2.63. The number of hydrogen-bond donors (Lipinski definition) is 2. The van der Waals surface area contributed by atoms with E-state index in [4.69, 9.17) is 0 Å². The first-order chi connectivity index (χ1) is 8.18. The molecule has 3 fully saturated rings. The van der Waals surface area contributed by atoms with Crippen LogP contribution in [-0.4, -0.2) is 23.3 Å². The van der Waals surface area contributed by atoms with E-state index in [9.17, 15) is 5.11 Å². The molecule has 2 heteroatoms. The molecule has 2 nitrogen and oxygen atoms in total. The van der Waals surface area contributed by atoms with E-state index in [1.54, 1.807) is 0 Å². The van der Waals surface area contributed by atoms with Gasteiger partial charge in [0.1, 0.15) is 0 Å². The molecule has 3 unspecified atom stereocenters. The van der Waals surface area contributed by atoms with E-state index in [-0.39, 0.29) is 11.5 Å². The fourth-order valence-electron chi connectivity index (χ4n) is 5.10. The summed E-state index contributed by atoms with van der Waals surface area (Å²) < 4.78 is 0. The van der Waals surface area contributed by atoms with Gasteiger partial charge in [-0.05, 0) is 42.4 Å². The molecule has 0 aromatic heterocycles. The summed E-state index contributed by atoms with van der Waals surface area (Å²) in [6.07, 6.45) is 5.00. The van der Waals surface area contributed by atoms with Crippen LogP contribution in [0.2, 0.25) is 0 Å². The molecule has 18 heavy (non-hydrogen) atoms. The van der Waals surface area contributed by atoms with E-state index < -0.39 is 0 Å². The summed E-state index contributed by atoms with van der Waals surface area (Å²) in [6, 6.07) is 1.12. The zero-order valence-corrected chi connectivity index (χ0v) is 12.6. The fourth-order valence-corrected chi connectivity index (χ4v) is 5.10. The standard InChI is InChI=1S/C16H29NO/c1-14(2)10-6-7-16(5,9-10)13(14)17-11-8-12(18)15(11,3)4/h10-13,17-18H,6-9H2,1-5H3/t10-,11?,12?,13?,16+/m0/s1. The maximum absolute atomic E-state index is 9.91. The predicted molar refractivity (Wildman–Crippen MR) is 74.3 cm³/mol. The Bertz CT molecular complexity index is 357. The lowest BCUT2D eigenvalue weighted by Crippen LogP contribution is -2.65. The van der Waals surface area contributed by atoms with Crippen molar-refractivity contribution < 1.29 is 5.11 Å². The fraction of sp³-hybridized carbons (Fsp3) is 1.00. The van der Waals surface area contributed by atoms with Crippen molar-refractivity contribution in [2.75, 3.05) is 0 Å². The van der Waals surface area contributed by atoms with E-state index >= 15 is 0 Å². The molecule has 3 saturated carbocycles. The minimum Gasteiger partial charge on any atom is -0.392 e. The summed E-state index contributed by atoms with van der Waals surface area (Å²) in [6.45, 7) is 11.8. The normalized spacial score (nSPS) is 52.3. The smallest absolute Gasteiger partial charge is 0.0621 e. The Labute approximate surface area is 112 Å². The molecule has 0 spiro atoms. The monoisotopic (exact) mass is 251 g/mol. The third kappa shape index (κ3) is 1.48. The minimum atomic E-state index is -0.121. The maximum Gasteiger partial charge on any atom is 0.0621 e. The third-order valence-electron chi connectivity index (χ3n) is 6.85. The van der Waals surface area contributed by atoms with Gasteiger partial charge in [-0.2, -0.15) is 0 Å². The molecule has 0 saturated heterocycles. The molecule has 0 radical (unpaired) electrons. The predicted octanol–water partition coefficient (Wildman–Crippen LogP) is 2.95. The van der Waals surface area contributed by atoms with Crippen LogP contribution in [0.4, 0.5) is 0 Å². The lowest BCUT2D eigenvalue weighted by atomic mass is 9.62. The SMILES string of the molecule is CC1(C)C(O)CC1NC1C(C)(C)[C@H]2CC[C@]1(C)C2. The number of aliphatic hydroxyl groups is 1. The van der Waals surface area contributed by atoms with Crippen LogP contribution >= 0.6 is 0 Å². The maximum atomic E-state index is 9.91. The Morgan fingerprint density at radius 1 is 1.06 bits per heavy atom. The van der Waals surface area contributed by atoms with Crippen LogP contribution in [0.5, 0.6) is 0 Å². The molecule has 0 amide bonds. The van der Waals surface area contributed by atoms with Crippen molar-refractivity contribution in [1.29, 1.82) is 0 Å². The molecular formula is C16H29NO. The highest BCUT2D eigenvalue weighted by Gasteiger charge is 2.61. The first-order valence-electron chi connectivity index (χ1n) is 7.62. The van der Waals surface area contributed by atoms with Crippen LogP contribution in [0.3, 0.4) is 0 Å².